The molecule has 0 aliphatic carbocycles. The SMILES string of the molecule is O=S(=O)(O)C(F)(F)C(OC=CCl)C(F)(F)F. The molecule has 0 aliphatic heterocycles. The first-order valence-electron chi connectivity index (χ1n) is 3.27. The number of ether oxygens (including phenoxy) is 1. The third-order valence-electron chi connectivity index (χ3n) is 1.21. The summed E-state index contributed by atoms with van der Waals surface area (Å²) in [7, 11) is -6.27. The van der Waals surface area contributed by atoms with E-state index in [0.717, 1.165) is 0 Å². The Morgan fingerprint density at radius 2 is 1.69 bits per heavy atom. The van der Waals surface area contributed by atoms with E-state index in [4.69, 9.17) is 16.2 Å². The average molecular weight is 291 g/mol. The Morgan fingerprint density at radius 3 is 1.94 bits per heavy atom. The number of halogens is 6. The summed E-state index contributed by atoms with van der Waals surface area (Å²) in [6, 6.07) is 0. The van der Waals surface area contributed by atoms with E-state index < -0.39 is 27.7 Å². The van der Waals surface area contributed by atoms with Crippen LogP contribution < -0.4 is 0 Å². The number of hydrogen-bond acceptors (Lipinski definition) is 3. The fourth-order valence-electron chi connectivity index (χ4n) is 0.590. The molecule has 0 rings (SSSR count). The Balaban J connectivity index is 5.36. The fraction of sp³-hybridized carbons (Fsp3) is 0.600. The summed E-state index contributed by atoms with van der Waals surface area (Å²) in [6.07, 6.45) is -9.75. The minimum Gasteiger partial charge on any atom is -0.480 e. The van der Waals surface area contributed by atoms with Gasteiger partial charge in [0, 0.05) is 5.54 Å². The second-order valence-corrected chi connectivity index (χ2v) is 4.10. The first-order valence-corrected chi connectivity index (χ1v) is 5.14. The topological polar surface area (TPSA) is 63.6 Å². The molecule has 0 saturated heterocycles. The highest BCUT2D eigenvalue weighted by atomic mass is 35.5. The van der Waals surface area contributed by atoms with Gasteiger partial charge in [-0.25, -0.2) is 0 Å². The number of rotatable bonds is 4. The van der Waals surface area contributed by atoms with Gasteiger partial charge in [-0.2, -0.15) is 30.4 Å². The zero-order valence-corrected chi connectivity index (χ0v) is 8.65. The summed E-state index contributed by atoms with van der Waals surface area (Å²) < 4.78 is 92.9. The maximum atomic E-state index is 12.7. The molecular formula is C5H4ClF5O4S. The molecule has 1 atom stereocenters. The van der Waals surface area contributed by atoms with E-state index in [1.807, 2.05) is 0 Å². The molecule has 1 unspecified atom stereocenters. The largest absolute Gasteiger partial charge is 0.480 e. The van der Waals surface area contributed by atoms with Crippen LogP contribution >= 0.6 is 11.6 Å². The van der Waals surface area contributed by atoms with Crippen LogP contribution in [0.15, 0.2) is 11.8 Å². The van der Waals surface area contributed by atoms with Gasteiger partial charge in [0.1, 0.15) is 0 Å². The smallest absolute Gasteiger partial charge is 0.432 e. The summed E-state index contributed by atoms with van der Waals surface area (Å²) in [5.41, 5.74) is 0.318. The molecule has 4 nitrogen and oxygen atoms in total. The van der Waals surface area contributed by atoms with Crippen molar-refractivity contribution in [1.82, 2.24) is 0 Å². The predicted octanol–water partition coefficient (Wildman–Crippen LogP) is 2.12. The molecular weight excluding hydrogens is 287 g/mol. The fourth-order valence-corrected chi connectivity index (χ4v) is 1.11. The van der Waals surface area contributed by atoms with E-state index in [1.54, 1.807) is 0 Å². The number of alkyl halides is 5. The minimum absolute atomic E-state index is 0.0127. The molecule has 1 N–H and O–H groups in total. The molecule has 0 aromatic rings. The molecule has 0 spiro atoms. The zero-order chi connectivity index (χ0) is 13.2. The maximum absolute atomic E-state index is 12.7. The Labute approximate surface area is 91.4 Å². The van der Waals surface area contributed by atoms with Crippen LogP contribution in [0.5, 0.6) is 0 Å². The summed E-state index contributed by atoms with van der Waals surface area (Å²) in [5.74, 6) is 0. The Hall–Kier alpha value is -0.610. The van der Waals surface area contributed by atoms with Crippen molar-refractivity contribution in [3.63, 3.8) is 0 Å². The van der Waals surface area contributed by atoms with Crippen LogP contribution in [0.25, 0.3) is 0 Å². The second kappa shape index (κ2) is 4.72. The molecule has 96 valence electrons. The van der Waals surface area contributed by atoms with Crippen molar-refractivity contribution in [3.8, 4) is 0 Å². The van der Waals surface area contributed by atoms with Crippen LogP contribution in [0, 0.1) is 0 Å². The van der Waals surface area contributed by atoms with Crippen molar-refractivity contribution in [2.45, 2.75) is 17.5 Å². The Bertz CT molecular complexity index is 362. The molecule has 0 aromatic heterocycles. The third kappa shape index (κ3) is 3.46. The van der Waals surface area contributed by atoms with E-state index in [0.29, 0.717) is 5.54 Å². The zero-order valence-electron chi connectivity index (χ0n) is 7.08. The van der Waals surface area contributed by atoms with Crippen LogP contribution in [0.2, 0.25) is 0 Å². The molecule has 0 aliphatic rings. The van der Waals surface area contributed by atoms with Crippen molar-refractivity contribution in [2.24, 2.45) is 0 Å². The van der Waals surface area contributed by atoms with Gasteiger partial charge in [-0.1, -0.05) is 11.6 Å². The third-order valence-corrected chi connectivity index (χ3v) is 2.22. The van der Waals surface area contributed by atoms with E-state index in [1.165, 1.54) is 0 Å². The van der Waals surface area contributed by atoms with Crippen molar-refractivity contribution in [1.29, 1.82) is 0 Å². The molecule has 0 fully saturated rings. The van der Waals surface area contributed by atoms with Gasteiger partial charge in [-0.3, -0.25) is 4.55 Å². The standard InChI is InChI=1S/C5H4ClF5O4S/c6-1-2-15-3(4(7,8)9)5(10,11)16(12,13)14/h1-3H,(H,12,13,14). The van der Waals surface area contributed by atoms with Gasteiger partial charge in [0.25, 0.3) is 6.10 Å². The summed E-state index contributed by atoms with van der Waals surface area (Å²) in [6.45, 7) is 0. The van der Waals surface area contributed by atoms with Gasteiger partial charge < -0.3 is 4.74 Å². The molecule has 0 bridgehead atoms. The van der Waals surface area contributed by atoms with E-state index in [-0.39, 0.29) is 6.26 Å². The highest BCUT2D eigenvalue weighted by molar-refractivity contribution is 7.86. The van der Waals surface area contributed by atoms with Gasteiger partial charge in [0.15, 0.2) is 0 Å². The van der Waals surface area contributed by atoms with E-state index >= 15 is 0 Å². The lowest BCUT2D eigenvalue weighted by Crippen LogP contribution is -2.50. The van der Waals surface area contributed by atoms with Crippen LogP contribution in [-0.2, 0) is 14.9 Å². The molecule has 11 heteroatoms. The van der Waals surface area contributed by atoms with Crippen LogP contribution in [0.4, 0.5) is 22.0 Å². The Kier molecular flexibility index (Phi) is 4.54. The lowest BCUT2D eigenvalue weighted by atomic mass is 10.3. The first kappa shape index (κ1) is 15.4. The quantitative estimate of drug-likeness (QED) is 0.489. The van der Waals surface area contributed by atoms with Crippen molar-refractivity contribution < 1.29 is 39.7 Å². The van der Waals surface area contributed by atoms with Gasteiger partial charge in [-0.15, -0.1) is 0 Å². The Morgan fingerprint density at radius 1 is 1.25 bits per heavy atom. The monoisotopic (exact) mass is 290 g/mol. The van der Waals surface area contributed by atoms with Crippen molar-refractivity contribution in [3.05, 3.63) is 11.8 Å². The molecule has 0 heterocycles. The molecule has 0 saturated carbocycles. The van der Waals surface area contributed by atoms with Crippen molar-refractivity contribution in [2.75, 3.05) is 0 Å². The molecule has 16 heavy (non-hydrogen) atoms. The highest BCUT2D eigenvalue weighted by Gasteiger charge is 2.65. The van der Waals surface area contributed by atoms with E-state index in [9.17, 15) is 30.4 Å². The second-order valence-electron chi connectivity index (χ2n) is 2.36. The van der Waals surface area contributed by atoms with Gasteiger partial charge >= 0.3 is 21.5 Å². The van der Waals surface area contributed by atoms with Crippen LogP contribution in [0.1, 0.15) is 0 Å². The number of hydrogen-bond donors (Lipinski definition) is 1. The highest BCUT2D eigenvalue weighted by Crippen LogP contribution is 2.37. The molecule has 0 aromatic carbocycles. The molecule has 0 amide bonds. The average Bonchev–Trinajstić information content (AvgIpc) is 1.99. The summed E-state index contributed by atoms with van der Waals surface area (Å²) >= 11 is 4.73. The van der Waals surface area contributed by atoms with Crippen LogP contribution in [-0.4, -0.2) is 30.5 Å². The normalized spacial score (nSPS) is 16.4. The van der Waals surface area contributed by atoms with E-state index in [2.05, 4.69) is 4.74 Å². The minimum atomic E-state index is -6.27. The maximum Gasteiger partial charge on any atom is 0.432 e. The van der Waals surface area contributed by atoms with Crippen molar-refractivity contribution >= 4 is 21.7 Å². The predicted molar refractivity (Wildman–Crippen MR) is 42.4 cm³/mol. The lowest BCUT2D eigenvalue weighted by Gasteiger charge is -2.25. The molecule has 0 radical (unpaired) electrons. The van der Waals surface area contributed by atoms with Gasteiger partial charge in [0.2, 0.25) is 0 Å². The summed E-state index contributed by atoms with van der Waals surface area (Å²) in [5, 5.41) is -5.54. The van der Waals surface area contributed by atoms with Gasteiger partial charge in [0.05, 0.1) is 6.26 Å². The summed E-state index contributed by atoms with van der Waals surface area (Å²) in [4.78, 5) is 0. The van der Waals surface area contributed by atoms with Crippen LogP contribution in [0.3, 0.4) is 0 Å². The van der Waals surface area contributed by atoms with Gasteiger partial charge in [-0.05, 0) is 0 Å². The first-order chi connectivity index (χ1) is 6.94. The lowest BCUT2D eigenvalue weighted by molar-refractivity contribution is -0.250.